The van der Waals surface area contributed by atoms with E-state index in [0.717, 1.165) is 51.0 Å². The van der Waals surface area contributed by atoms with E-state index in [4.69, 9.17) is 16.7 Å². The van der Waals surface area contributed by atoms with Crippen LogP contribution in [0.1, 0.15) is 50.0 Å². The highest BCUT2D eigenvalue weighted by atomic mass is 35.5. The number of carbonyl (C=O) groups is 3. The predicted molar refractivity (Wildman–Crippen MR) is 240 cm³/mol. The molecule has 2 amide bonds. The largest absolute Gasteiger partial charge is 0.481 e. The fourth-order valence-corrected chi connectivity index (χ4v) is 8.84. The Morgan fingerprint density at radius 1 is 0.836 bits per heavy atom. The molecule has 2 aromatic heterocycles. The number of hydrogen-bond donors (Lipinski definition) is 1. The number of aromatic nitrogens is 2. The Bertz CT molecular complexity index is 2680. The summed E-state index contributed by atoms with van der Waals surface area (Å²) in [7, 11) is 0. The third-order valence-electron chi connectivity index (χ3n) is 11.3. The standard InChI is InChI=1S/C39H33ClN6O2S.C10H10O2/c40-37-17-16-36(49-37)39(48)44-20-18-43(19-21-44)32-12-14-33(15-13-32)46(38(47)22-31-6-3-5-30-4-1-2-7-35(30)31)26-34-24-42-27-45(34)25-29-10-8-28(23-41)9-11-29;11-10(12)9-6-8(9)7-4-2-1-3-5-7/h1-17,24,27H,18-22,25-26H2;1-5,8-9H,6H2,(H,11,12). The fourth-order valence-electron chi connectivity index (χ4n) is 7.83. The van der Waals surface area contributed by atoms with Crippen molar-refractivity contribution in [1.82, 2.24) is 14.5 Å². The van der Waals surface area contributed by atoms with Crippen molar-refractivity contribution in [2.24, 2.45) is 5.92 Å². The van der Waals surface area contributed by atoms with Crippen LogP contribution in [0.3, 0.4) is 0 Å². The van der Waals surface area contributed by atoms with Crippen molar-refractivity contribution in [3.8, 4) is 6.07 Å². The van der Waals surface area contributed by atoms with Crippen LogP contribution in [0.5, 0.6) is 0 Å². The first-order chi connectivity index (χ1) is 29.7. The molecule has 2 atom stereocenters. The number of anilines is 2. The van der Waals surface area contributed by atoms with Gasteiger partial charge in [0.2, 0.25) is 5.91 Å². The molecule has 12 heteroatoms. The van der Waals surface area contributed by atoms with Crippen molar-refractivity contribution in [3.63, 3.8) is 0 Å². The summed E-state index contributed by atoms with van der Waals surface area (Å²) in [6.07, 6.45) is 4.64. The van der Waals surface area contributed by atoms with Gasteiger partial charge in [0.05, 0.1) is 51.8 Å². The van der Waals surface area contributed by atoms with Crippen LogP contribution in [0.2, 0.25) is 4.34 Å². The molecular formula is C49H43ClN6O4S. The van der Waals surface area contributed by atoms with E-state index in [-0.39, 0.29) is 30.1 Å². The van der Waals surface area contributed by atoms with Crippen LogP contribution in [0.25, 0.3) is 10.8 Å². The van der Waals surface area contributed by atoms with E-state index >= 15 is 0 Å². The molecule has 3 heterocycles. The SMILES string of the molecule is N#Cc1ccc(Cn2cncc2CN(C(=O)Cc2cccc3ccccc23)c2ccc(N3CCN(C(=O)c4ccc(Cl)s4)CC3)cc2)cc1.O=C(O)C1CC1c1ccccc1. The van der Waals surface area contributed by atoms with E-state index in [9.17, 15) is 19.6 Å². The minimum absolute atomic E-state index is 0.0176. The van der Waals surface area contributed by atoms with E-state index in [1.54, 1.807) is 24.7 Å². The molecule has 1 aliphatic carbocycles. The molecule has 0 radical (unpaired) electrons. The Morgan fingerprint density at radius 2 is 1.56 bits per heavy atom. The average molecular weight is 847 g/mol. The molecule has 2 fully saturated rings. The van der Waals surface area contributed by atoms with E-state index in [1.807, 2.05) is 105 Å². The highest BCUT2D eigenvalue weighted by Crippen LogP contribution is 2.47. The van der Waals surface area contributed by atoms with Crippen molar-refractivity contribution in [1.29, 1.82) is 5.26 Å². The highest BCUT2D eigenvalue weighted by Gasteiger charge is 2.43. The molecule has 5 aromatic carbocycles. The van der Waals surface area contributed by atoms with Crippen molar-refractivity contribution in [3.05, 3.63) is 183 Å². The summed E-state index contributed by atoms with van der Waals surface area (Å²) in [6, 6.07) is 45.4. The van der Waals surface area contributed by atoms with Crippen molar-refractivity contribution in [2.75, 3.05) is 36.0 Å². The molecule has 2 aliphatic rings. The molecule has 9 rings (SSSR count). The summed E-state index contributed by atoms with van der Waals surface area (Å²) >= 11 is 7.37. The Morgan fingerprint density at radius 3 is 2.25 bits per heavy atom. The number of hydrogen-bond acceptors (Lipinski definition) is 7. The number of rotatable bonds is 11. The zero-order chi connectivity index (χ0) is 42.3. The second kappa shape index (κ2) is 18.7. The van der Waals surface area contributed by atoms with Gasteiger partial charge in [0.25, 0.3) is 5.91 Å². The van der Waals surface area contributed by atoms with Gasteiger partial charge >= 0.3 is 5.97 Å². The average Bonchev–Trinajstić information content (AvgIpc) is 3.82. The Hall–Kier alpha value is -6.74. The first kappa shape index (κ1) is 41.0. The lowest BCUT2D eigenvalue weighted by Crippen LogP contribution is -2.48. The quantitative estimate of drug-likeness (QED) is 0.138. The van der Waals surface area contributed by atoms with E-state index in [1.165, 1.54) is 11.3 Å². The number of fused-ring (bicyclic) bond motifs is 1. The maximum atomic E-state index is 14.2. The van der Waals surface area contributed by atoms with Crippen LogP contribution in [-0.2, 0) is 29.1 Å². The Labute approximate surface area is 363 Å². The first-order valence-electron chi connectivity index (χ1n) is 20.2. The summed E-state index contributed by atoms with van der Waals surface area (Å²) < 4.78 is 2.65. The third-order valence-corrected chi connectivity index (χ3v) is 12.5. The maximum absolute atomic E-state index is 14.2. The number of halogens is 1. The summed E-state index contributed by atoms with van der Waals surface area (Å²) in [4.78, 5) is 48.8. The van der Waals surface area contributed by atoms with Crippen LogP contribution < -0.4 is 9.80 Å². The molecule has 1 saturated carbocycles. The van der Waals surface area contributed by atoms with Crippen molar-refractivity contribution in [2.45, 2.75) is 31.8 Å². The number of nitriles is 1. The van der Waals surface area contributed by atoms with Gasteiger partial charge in [-0.2, -0.15) is 5.26 Å². The molecule has 61 heavy (non-hydrogen) atoms. The van der Waals surface area contributed by atoms with Gasteiger partial charge in [-0.15, -0.1) is 11.3 Å². The third kappa shape index (κ3) is 9.84. The van der Waals surface area contributed by atoms with Gasteiger partial charge in [-0.05, 0) is 88.3 Å². The number of imidazole rings is 1. The second-order valence-electron chi connectivity index (χ2n) is 15.2. The Balaban J connectivity index is 0.000000366. The molecule has 0 bridgehead atoms. The lowest BCUT2D eigenvalue weighted by atomic mass is 10.0. The van der Waals surface area contributed by atoms with Crippen molar-refractivity contribution >= 4 is 62.9 Å². The lowest BCUT2D eigenvalue weighted by Gasteiger charge is -2.36. The molecule has 0 spiro atoms. The minimum atomic E-state index is -0.663. The number of thiophene rings is 1. The summed E-state index contributed by atoms with van der Waals surface area (Å²) in [5.41, 5.74) is 6.52. The summed E-state index contributed by atoms with van der Waals surface area (Å²) in [6.45, 7) is 3.57. The van der Waals surface area contributed by atoms with Crippen LogP contribution in [0.15, 0.2) is 146 Å². The fraction of sp³-hybridized carbons (Fsp3) is 0.204. The lowest BCUT2D eigenvalue weighted by molar-refractivity contribution is -0.138. The first-order valence-corrected chi connectivity index (χ1v) is 21.4. The van der Waals surface area contributed by atoms with Crippen molar-refractivity contribution < 1.29 is 19.5 Å². The molecule has 7 aromatic rings. The van der Waals surface area contributed by atoms with Gasteiger partial charge in [-0.25, -0.2) is 4.98 Å². The number of aliphatic carboxylic acids is 1. The minimum Gasteiger partial charge on any atom is -0.481 e. The van der Waals surface area contributed by atoms with Gasteiger partial charge in [0.15, 0.2) is 0 Å². The summed E-state index contributed by atoms with van der Waals surface area (Å²) in [5, 5.41) is 20.0. The van der Waals surface area contributed by atoms with E-state index in [2.05, 4.69) is 46.3 Å². The van der Waals surface area contributed by atoms with Gasteiger partial charge in [0, 0.05) is 50.3 Å². The number of carboxylic acids is 1. The highest BCUT2D eigenvalue weighted by molar-refractivity contribution is 7.18. The van der Waals surface area contributed by atoms with E-state index in [0.29, 0.717) is 54.0 Å². The second-order valence-corrected chi connectivity index (χ2v) is 16.9. The number of nitrogens with zero attached hydrogens (tertiary/aromatic N) is 6. The van der Waals surface area contributed by atoms with Gasteiger partial charge < -0.3 is 24.4 Å². The number of piperazine rings is 1. The van der Waals surface area contributed by atoms with Crippen LogP contribution in [0.4, 0.5) is 11.4 Å². The number of amides is 2. The van der Waals surface area contributed by atoms with Crippen LogP contribution in [-0.4, -0.2) is 63.5 Å². The zero-order valence-electron chi connectivity index (χ0n) is 33.3. The smallest absolute Gasteiger partial charge is 0.307 e. The molecule has 1 N–H and O–H groups in total. The predicted octanol–water partition coefficient (Wildman–Crippen LogP) is 9.28. The number of carboxylic acid groups (broad SMARTS) is 1. The van der Waals surface area contributed by atoms with Crippen LogP contribution >= 0.6 is 22.9 Å². The maximum Gasteiger partial charge on any atom is 0.307 e. The Kier molecular flexibility index (Phi) is 12.6. The molecule has 2 unspecified atom stereocenters. The topological polar surface area (TPSA) is 123 Å². The normalized spacial score (nSPS) is 15.7. The number of carbonyl (C=O) groups excluding carboxylic acids is 2. The zero-order valence-corrected chi connectivity index (χ0v) is 34.9. The monoisotopic (exact) mass is 846 g/mol. The molecule has 1 saturated heterocycles. The van der Waals surface area contributed by atoms with Gasteiger partial charge in [0.1, 0.15) is 0 Å². The van der Waals surface area contributed by atoms with Crippen LogP contribution in [0, 0.1) is 17.2 Å². The molecular weight excluding hydrogens is 804 g/mol. The van der Waals surface area contributed by atoms with Gasteiger partial charge in [-0.3, -0.25) is 14.4 Å². The summed E-state index contributed by atoms with van der Waals surface area (Å²) in [5.74, 6) is -0.526. The van der Waals surface area contributed by atoms with E-state index < -0.39 is 5.97 Å². The molecule has 10 nitrogen and oxygen atoms in total. The molecule has 1 aliphatic heterocycles. The van der Waals surface area contributed by atoms with Gasteiger partial charge in [-0.1, -0.05) is 96.5 Å². The number of benzene rings is 5. The molecule has 306 valence electrons.